The largest absolute Gasteiger partial charge is 0.314 e. The van der Waals surface area contributed by atoms with Gasteiger partial charge in [0.1, 0.15) is 11.6 Å². The average Bonchev–Trinajstić information content (AvgIpc) is 2.76. The Bertz CT molecular complexity index is 628. The molecule has 0 radical (unpaired) electrons. The molecule has 0 bridgehead atoms. The normalized spacial score (nSPS) is 15.4. The smallest absolute Gasteiger partial charge is 0.147 e. The van der Waals surface area contributed by atoms with E-state index in [2.05, 4.69) is 57.3 Å². The molecule has 0 fully saturated rings. The van der Waals surface area contributed by atoms with Crippen LogP contribution in [-0.2, 0) is 19.5 Å². The molecule has 0 unspecified atom stereocenters. The molecule has 0 atom stereocenters. The van der Waals surface area contributed by atoms with Crippen LogP contribution in [0.15, 0.2) is 35.9 Å². The van der Waals surface area contributed by atoms with Crippen LogP contribution in [-0.4, -0.2) is 21.3 Å². The van der Waals surface area contributed by atoms with Gasteiger partial charge in [0.2, 0.25) is 0 Å². The van der Waals surface area contributed by atoms with Gasteiger partial charge in [0.15, 0.2) is 0 Å². The molecule has 2 heterocycles. The Morgan fingerprint density at radius 2 is 2.05 bits per heavy atom. The summed E-state index contributed by atoms with van der Waals surface area (Å²) in [5.74, 6) is 2.23. The number of hydrogen-bond acceptors (Lipinski definition) is 3. The van der Waals surface area contributed by atoms with Crippen molar-refractivity contribution in [2.45, 2.75) is 45.7 Å². The summed E-state index contributed by atoms with van der Waals surface area (Å²) >= 11 is 0. The quantitative estimate of drug-likeness (QED) is 0.921. The zero-order valence-electron chi connectivity index (χ0n) is 13.3. The second-order valence-corrected chi connectivity index (χ2v) is 6.00. The molecule has 0 aliphatic carbocycles. The lowest BCUT2D eigenvalue weighted by Crippen LogP contribution is -2.19. The number of benzene rings is 1. The van der Waals surface area contributed by atoms with E-state index in [9.17, 15) is 0 Å². The molecule has 0 amide bonds. The van der Waals surface area contributed by atoms with E-state index < -0.39 is 0 Å². The zero-order chi connectivity index (χ0) is 15.2. The van der Waals surface area contributed by atoms with Crippen LogP contribution in [0.4, 0.5) is 0 Å². The van der Waals surface area contributed by atoms with Crippen molar-refractivity contribution in [3.63, 3.8) is 0 Å². The van der Waals surface area contributed by atoms with Crippen LogP contribution in [0, 0.1) is 0 Å². The maximum Gasteiger partial charge on any atom is 0.147 e. The van der Waals surface area contributed by atoms with Gasteiger partial charge in [-0.2, -0.15) is 0 Å². The van der Waals surface area contributed by atoms with Gasteiger partial charge in [-0.05, 0) is 25.3 Å². The van der Waals surface area contributed by atoms with Gasteiger partial charge in [0, 0.05) is 19.5 Å². The highest BCUT2D eigenvalue weighted by Crippen LogP contribution is 2.14. The molecule has 116 valence electrons. The number of aryl methyl sites for hydroxylation is 1. The molecular weight excluding hydrogens is 272 g/mol. The van der Waals surface area contributed by atoms with Crippen molar-refractivity contribution in [1.29, 1.82) is 0 Å². The number of aromatic nitrogens is 3. The molecule has 4 nitrogen and oxygen atoms in total. The summed E-state index contributed by atoms with van der Waals surface area (Å²) in [6.07, 6.45) is 7.07. The Hall–Kier alpha value is -1.94. The lowest BCUT2D eigenvalue weighted by molar-refractivity contribution is 0.582. The molecule has 1 aliphatic heterocycles. The summed E-state index contributed by atoms with van der Waals surface area (Å²) in [6, 6.07) is 10.4. The molecule has 22 heavy (non-hydrogen) atoms. The van der Waals surface area contributed by atoms with Crippen LogP contribution >= 0.6 is 0 Å². The van der Waals surface area contributed by atoms with Gasteiger partial charge in [-0.15, -0.1) is 10.2 Å². The first-order chi connectivity index (χ1) is 10.8. The second-order valence-electron chi connectivity index (χ2n) is 6.00. The summed E-state index contributed by atoms with van der Waals surface area (Å²) in [5, 5.41) is 12.2. The van der Waals surface area contributed by atoms with Gasteiger partial charge in [-0.25, -0.2) is 0 Å². The second kappa shape index (κ2) is 7.36. The molecule has 1 N–H and O–H groups in total. The highest BCUT2D eigenvalue weighted by Gasteiger charge is 2.13. The van der Waals surface area contributed by atoms with Gasteiger partial charge in [-0.3, -0.25) is 0 Å². The van der Waals surface area contributed by atoms with E-state index in [1.807, 2.05) is 6.07 Å². The van der Waals surface area contributed by atoms with Crippen LogP contribution in [0.2, 0.25) is 0 Å². The lowest BCUT2D eigenvalue weighted by Gasteiger charge is -2.08. The van der Waals surface area contributed by atoms with Gasteiger partial charge < -0.3 is 9.88 Å². The molecular formula is C18H24N4. The van der Waals surface area contributed by atoms with Gasteiger partial charge in [0.25, 0.3) is 0 Å². The van der Waals surface area contributed by atoms with E-state index in [0.29, 0.717) is 0 Å². The number of rotatable bonds is 5. The number of fused-ring (bicyclic) bond motifs is 1. The van der Waals surface area contributed by atoms with Crippen LogP contribution in [0.3, 0.4) is 0 Å². The Morgan fingerprint density at radius 1 is 1.18 bits per heavy atom. The lowest BCUT2D eigenvalue weighted by atomic mass is 10.1. The summed E-state index contributed by atoms with van der Waals surface area (Å²) in [6.45, 7) is 4.88. The summed E-state index contributed by atoms with van der Waals surface area (Å²) < 4.78 is 2.30. The van der Waals surface area contributed by atoms with Gasteiger partial charge in [0.05, 0.1) is 6.54 Å². The fourth-order valence-corrected chi connectivity index (χ4v) is 2.93. The van der Waals surface area contributed by atoms with Crippen molar-refractivity contribution in [3.05, 3.63) is 53.1 Å². The summed E-state index contributed by atoms with van der Waals surface area (Å²) in [7, 11) is 0. The third-order valence-corrected chi connectivity index (χ3v) is 4.09. The zero-order valence-corrected chi connectivity index (χ0v) is 13.3. The SMILES string of the molecule is C/C(=C/c1ccccc1)CNCc1nnc2n1CCCCC2. The molecule has 1 aromatic carbocycles. The van der Waals surface area contributed by atoms with E-state index in [-0.39, 0.29) is 0 Å². The number of hydrogen-bond donors (Lipinski definition) is 1. The first kappa shape index (κ1) is 15.0. The Labute approximate surface area is 132 Å². The standard InChI is InChI=1S/C18H24N4/c1-15(12-16-8-4-2-5-9-16)13-19-14-18-21-20-17-10-6-3-7-11-22(17)18/h2,4-5,8-9,12,19H,3,6-7,10-11,13-14H2,1H3/b15-12-. The molecule has 0 spiro atoms. The van der Waals surface area contributed by atoms with Crippen LogP contribution in [0.1, 0.15) is 43.4 Å². The van der Waals surface area contributed by atoms with Crippen molar-refractivity contribution < 1.29 is 0 Å². The first-order valence-corrected chi connectivity index (χ1v) is 8.17. The average molecular weight is 296 g/mol. The first-order valence-electron chi connectivity index (χ1n) is 8.17. The Morgan fingerprint density at radius 3 is 2.91 bits per heavy atom. The van der Waals surface area contributed by atoms with Crippen LogP contribution in [0.25, 0.3) is 6.08 Å². The van der Waals surface area contributed by atoms with Gasteiger partial charge >= 0.3 is 0 Å². The highest BCUT2D eigenvalue weighted by atomic mass is 15.3. The predicted octanol–water partition coefficient (Wildman–Crippen LogP) is 3.20. The van der Waals surface area contributed by atoms with E-state index in [4.69, 9.17) is 0 Å². The molecule has 0 saturated carbocycles. The van der Waals surface area contributed by atoms with E-state index in [1.54, 1.807) is 0 Å². The Balaban J connectivity index is 1.55. The minimum absolute atomic E-state index is 0.785. The molecule has 4 heteroatoms. The fourth-order valence-electron chi connectivity index (χ4n) is 2.93. The summed E-state index contributed by atoms with van der Waals surface area (Å²) in [4.78, 5) is 0. The maximum atomic E-state index is 4.35. The van der Waals surface area contributed by atoms with Crippen molar-refractivity contribution in [3.8, 4) is 0 Å². The number of nitrogens with one attached hydrogen (secondary N) is 1. The molecule has 1 aliphatic rings. The summed E-state index contributed by atoms with van der Waals surface area (Å²) in [5.41, 5.74) is 2.57. The topological polar surface area (TPSA) is 42.7 Å². The minimum atomic E-state index is 0.785. The molecule has 3 rings (SSSR count). The van der Waals surface area contributed by atoms with Gasteiger partial charge in [-0.1, -0.05) is 48.4 Å². The predicted molar refractivity (Wildman–Crippen MR) is 89.4 cm³/mol. The third kappa shape index (κ3) is 3.83. The van der Waals surface area contributed by atoms with Crippen molar-refractivity contribution in [2.24, 2.45) is 0 Å². The number of nitrogens with zero attached hydrogens (tertiary/aromatic N) is 3. The maximum absolute atomic E-state index is 4.35. The third-order valence-electron chi connectivity index (χ3n) is 4.09. The van der Waals surface area contributed by atoms with E-state index >= 15 is 0 Å². The van der Waals surface area contributed by atoms with E-state index in [1.165, 1.54) is 30.4 Å². The molecule has 2 aromatic rings. The van der Waals surface area contributed by atoms with Crippen LogP contribution in [0.5, 0.6) is 0 Å². The Kier molecular flexibility index (Phi) is 5.01. The molecule has 0 saturated heterocycles. The van der Waals surface area contributed by atoms with Crippen LogP contribution < -0.4 is 5.32 Å². The van der Waals surface area contributed by atoms with Crippen molar-refractivity contribution >= 4 is 6.08 Å². The van der Waals surface area contributed by atoms with E-state index in [0.717, 1.165) is 37.7 Å². The molecule has 1 aromatic heterocycles. The van der Waals surface area contributed by atoms with Crippen molar-refractivity contribution in [2.75, 3.05) is 6.54 Å². The monoisotopic (exact) mass is 296 g/mol. The highest BCUT2D eigenvalue weighted by molar-refractivity contribution is 5.52. The van der Waals surface area contributed by atoms with Crippen molar-refractivity contribution in [1.82, 2.24) is 20.1 Å². The minimum Gasteiger partial charge on any atom is -0.314 e. The fraction of sp³-hybridized carbons (Fsp3) is 0.444.